The summed E-state index contributed by atoms with van der Waals surface area (Å²) in [6.45, 7) is 0. The molecule has 0 saturated heterocycles. The van der Waals surface area contributed by atoms with E-state index in [0.717, 1.165) is 12.1 Å². The summed E-state index contributed by atoms with van der Waals surface area (Å²) >= 11 is 0. The number of nitrogens with one attached hydrogen (secondary N) is 2. The lowest BCUT2D eigenvalue weighted by Crippen LogP contribution is -2.14. The molecule has 170 valence electrons. The molecule has 3 heterocycles. The van der Waals surface area contributed by atoms with E-state index in [1.807, 2.05) is 0 Å². The molecular formula is C23H14F3N5O2S. The van der Waals surface area contributed by atoms with E-state index in [2.05, 4.69) is 37.7 Å². The Morgan fingerprint density at radius 1 is 0.971 bits per heavy atom. The number of carbonyl (C=O) groups is 1. The molecule has 11 heteroatoms. The first-order chi connectivity index (χ1) is 16.3. The number of carbonyl (C=O) groups excluding carboxylic acids is 1. The number of halogens is 3. The molecule has 1 aromatic carbocycles. The van der Waals surface area contributed by atoms with Crippen molar-refractivity contribution in [3.05, 3.63) is 96.6 Å². The first-order valence-corrected chi connectivity index (χ1v) is 10.8. The van der Waals surface area contributed by atoms with Crippen LogP contribution in [0.5, 0.6) is 0 Å². The topological polar surface area (TPSA) is 96.9 Å². The van der Waals surface area contributed by atoms with Crippen LogP contribution in [-0.2, 0) is 17.0 Å². The third-order valence-corrected chi connectivity index (χ3v) is 5.88. The molecule has 0 aliphatic rings. The van der Waals surface area contributed by atoms with E-state index in [4.69, 9.17) is 0 Å². The third-order valence-electron chi connectivity index (χ3n) is 4.44. The Labute approximate surface area is 194 Å². The number of anilines is 3. The van der Waals surface area contributed by atoms with Gasteiger partial charge in [0.15, 0.2) is 0 Å². The Kier molecular flexibility index (Phi) is 6.51. The van der Waals surface area contributed by atoms with Gasteiger partial charge in [0.2, 0.25) is 0 Å². The normalized spacial score (nSPS) is 11.9. The van der Waals surface area contributed by atoms with Crippen LogP contribution in [0.15, 0.2) is 83.1 Å². The minimum atomic E-state index is -4.49. The van der Waals surface area contributed by atoms with E-state index < -0.39 is 28.4 Å². The number of aromatic nitrogens is 3. The van der Waals surface area contributed by atoms with Crippen LogP contribution in [0, 0.1) is 12.1 Å². The Morgan fingerprint density at radius 2 is 1.82 bits per heavy atom. The maximum atomic E-state index is 12.9. The average Bonchev–Trinajstić information content (AvgIpc) is 2.84. The minimum Gasteiger partial charge on any atom is -0.325 e. The van der Waals surface area contributed by atoms with Crippen molar-refractivity contribution in [1.82, 2.24) is 15.0 Å². The number of nitrogens with zero attached hydrogens (tertiary/aromatic N) is 3. The first kappa shape index (κ1) is 22.9. The molecule has 0 radical (unpaired) electrons. The molecule has 4 rings (SSSR count). The number of hydrogen-bond donors (Lipinski definition) is 2. The summed E-state index contributed by atoms with van der Waals surface area (Å²) in [6, 6.07) is 16.7. The van der Waals surface area contributed by atoms with Gasteiger partial charge in [-0.15, -0.1) is 0 Å². The molecule has 1 atom stereocenters. The maximum absolute atomic E-state index is 12.9. The second-order valence-corrected chi connectivity index (χ2v) is 8.20. The van der Waals surface area contributed by atoms with Crippen molar-refractivity contribution in [3.8, 4) is 0 Å². The Balaban J connectivity index is 1.51. The summed E-state index contributed by atoms with van der Waals surface area (Å²) in [7, 11) is -1.59. The van der Waals surface area contributed by atoms with Crippen LogP contribution >= 0.6 is 0 Å². The molecule has 0 fully saturated rings. The molecular weight excluding hydrogens is 467 g/mol. The third kappa shape index (κ3) is 5.36. The molecule has 0 saturated carbocycles. The van der Waals surface area contributed by atoms with Crippen LogP contribution in [0.25, 0.3) is 0 Å². The lowest BCUT2D eigenvalue weighted by Gasteiger charge is -2.11. The van der Waals surface area contributed by atoms with Crippen molar-refractivity contribution in [2.24, 2.45) is 0 Å². The molecule has 3 aromatic heterocycles. The average molecular weight is 481 g/mol. The molecule has 0 bridgehead atoms. The summed E-state index contributed by atoms with van der Waals surface area (Å²) < 4.78 is 51.0. The standard InChI is InChI=1S/C23H14F3N5O2S/c24-23(25,26)16-6-7-20(29-13-16)31-21-12-15(8-11-28-21)22(32)30-18-14-27-10-9-19(18)34(33)17-4-2-1-3-5-17/h2,4-14H,(H,30,32)(H,28,29,31). The predicted molar refractivity (Wildman–Crippen MR) is 118 cm³/mol. The number of amides is 1. The van der Waals surface area contributed by atoms with Gasteiger partial charge in [-0.1, -0.05) is 12.1 Å². The largest absolute Gasteiger partial charge is 0.417 e. The van der Waals surface area contributed by atoms with Gasteiger partial charge in [0.25, 0.3) is 5.91 Å². The highest BCUT2D eigenvalue weighted by Crippen LogP contribution is 2.29. The lowest BCUT2D eigenvalue weighted by atomic mass is 10.2. The summed E-state index contributed by atoms with van der Waals surface area (Å²) in [5.41, 5.74) is -0.419. The van der Waals surface area contributed by atoms with Crippen molar-refractivity contribution >= 4 is 34.0 Å². The van der Waals surface area contributed by atoms with Crippen LogP contribution in [0.2, 0.25) is 0 Å². The van der Waals surface area contributed by atoms with E-state index in [1.165, 1.54) is 42.9 Å². The maximum Gasteiger partial charge on any atom is 0.417 e. The molecule has 4 aromatic rings. The zero-order valence-corrected chi connectivity index (χ0v) is 17.9. The second-order valence-electron chi connectivity index (χ2n) is 6.75. The van der Waals surface area contributed by atoms with Gasteiger partial charge in [-0.2, -0.15) is 13.2 Å². The first-order valence-electron chi connectivity index (χ1n) is 9.62. The van der Waals surface area contributed by atoms with Crippen LogP contribution in [0.1, 0.15) is 15.9 Å². The monoisotopic (exact) mass is 481 g/mol. The van der Waals surface area contributed by atoms with E-state index in [9.17, 15) is 22.2 Å². The van der Waals surface area contributed by atoms with Crippen LogP contribution in [0.4, 0.5) is 30.5 Å². The van der Waals surface area contributed by atoms with Gasteiger partial charge >= 0.3 is 6.18 Å². The minimum absolute atomic E-state index is 0.125. The zero-order chi connectivity index (χ0) is 24.1. The van der Waals surface area contributed by atoms with Crippen molar-refractivity contribution in [2.75, 3.05) is 10.6 Å². The van der Waals surface area contributed by atoms with Gasteiger partial charge in [-0.05, 0) is 42.5 Å². The van der Waals surface area contributed by atoms with E-state index >= 15 is 0 Å². The van der Waals surface area contributed by atoms with Crippen LogP contribution < -0.4 is 10.6 Å². The van der Waals surface area contributed by atoms with Crippen LogP contribution in [0.3, 0.4) is 0 Å². The lowest BCUT2D eigenvalue weighted by molar-refractivity contribution is -0.137. The van der Waals surface area contributed by atoms with Crippen molar-refractivity contribution in [1.29, 1.82) is 0 Å². The van der Waals surface area contributed by atoms with Gasteiger partial charge in [0.1, 0.15) is 11.6 Å². The fraction of sp³-hybridized carbons (Fsp3) is 0.0435. The van der Waals surface area contributed by atoms with E-state index in [1.54, 1.807) is 12.1 Å². The smallest absolute Gasteiger partial charge is 0.325 e. The SMILES string of the molecule is O=C(Nc1cnccc1S(=O)c1cc#ccc1)c1ccnc(Nc2ccc(C(F)(F)F)cn2)c1. The van der Waals surface area contributed by atoms with E-state index in [-0.39, 0.29) is 22.9 Å². The Morgan fingerprint density at radius 3 is 2.53 bits per heavy atom. The highest BCUT2D eigenvalue weighted by Gasteiger charge is 2.30. The fourth-order valence-corrected chi connectivity index (χ4v) is 3.91. The summed E-state index contributed by atoms with van der Waals surface area (Å²) in [5, 5.41) is 5.44. The van der Waals surface area contributed by atoms with Crippen molar-refractivity contribution in [3.63, 3.8) is 0 Å². The number of alkyl halides is 3. The Bertz CT molecular complexity index is 1330. The van der Waals surface area contributed by atoms with Gasteiger partial charge < -0.3 is 10.6 Å². The zero-order valence-electron chi connectivity index (χ0n) is 17.1. The summed E-state index contributed by atoms with van der Waals surface area (Å²) in [4.78, 5) is 25.5. The summed E-state index contributed by atoms with van der Waals surface area (Å²) in [6.07, 6.45) is 0.419. The number of pyridine rings is 3. The van der Waals surface area contributed by atoms with Gasteiger partial charge in [-0.3, -0.25) is 9.78 Å². The highest BCUT2D eigenvalue weighted by molar-refractivity contribution is 7.85. The molecule has 0 spiro atoms. The van der Waals surface area contributed by atoms with E-state index in [0.29, 0.717) is 16.0 Å². The van der Waals surface area contributed by atoms with Crippen molar-refractivity contribution < 1.29 is 22.2 Å². The number of rotatable bonds is 6. The highest BCUT2D eigenvalue weighted by atomic mass is 32.2. The van der Waals surface area contributed by atoms with Gasteiger partial charge in [-0.25, -0.2) is 14.2 Å². The fourth-order valence-electron chi connectivity index (χ4n) is 2.81. The van der Waals surface area contributed by atoms with Crippen molar-refractivity contribution in [2.45, 2.75) is 16.0 Å². The number of hydrogen-bond acceptors (Lipinski definition) is 6. The predicted octanol–water partition coefficient (Wildman–Crippen LogP) is 4.65. The molecule has 34 heavy (non-hydrogen) atoms. The van der Waals surface area contributed by atoms with Gasteiger partial charge in [0, 0.05) is 30.2 Å². The Hall–Kier alpha value is -4.30. The molecule has 0 aliphatic carbocycles. The van der Waals surface area contributed by atoms with Gasteiger partial charge in [0.05, 0.1) is 38.0 Å². The molecule has 1 amide bonds. The molecule has 2 N–H and O–H groups in total. The second kappa shape index (κ2) is 9.68. The molecule has 1 unspecified atom stereocenters. The molecule has 0 aliphatic heterocycles. The summed E-state index contributed by atoms with van der Waals surface area (Å²) in [5.74, 6) is -0.198. The van der Waals surface area contributed by atoms with Crippen LogP contribution in [-0.4, -0.2) is 25.1 Å². The quantitative estimate of drug-likeness (QED) is 0.416. The molecule has 7 nitrogen and oxygen atoms in total.